The van der Waals surface area contributed by atoms with E-state index in [9.17, 15) is 28.4 Å². The van der Waals surface area contributed by atoms with Crippen LogP contribution >= 0.6 is 11.6 Å². The van der Waals surface area contributed by atoms with Crippen LogP contribution < -0.4 is 10.7 Å². The molecule has 2 N–H and O–H groups in total. The van der Waals surface area contributed by atoms with Gasteiger partial charge < -0.3 is 10.1 Å². The minimum absolute atomic E-state index is 0.0238. The van der Waals surface area contributed by atoms with Crippen molar-refractivity contribution < 1.29 is 27.9 Å². The number of aryl methyl sites for hydroxylation is 1. The molecule has 0 fully saturated rings. The zero-order chi connectivity index (χ0) is 30.6. The van der Waals surface area contributed by atoms with Crippen LogP contribution in [0.3, 0.4) is 0 Å². The molecule has 4 rings (SSSR count). The second-order valence-electron chi connectivity index (χ2n) is 8.47. The summed E-state index contributed by atoms with van der Waals surface area (Å²) < 4.78 is 31.5. The summed E-state index contributed by atoms with van der Waals surface area (Å²) in [6.07, 6.45) is -2.38. The van der Waals surface area contributed by atoms with E-state index in [4.69, 9.17) is 11.6 Å². The van der Waals surface area contributed by atoms with Crippen molar-refractivity contribution in [2.24, 2.45) is 0 Å². The lowest BCUT2D eigenvalue weighted by molar-refractivity contribution is 0.0767. The van der Waals surface area contributed by atoms with Crippen LogP contribution in [-0.4, -0.2) is 72.0 Å². The van der Waals surface area contributed by atoms with Crippen molar-refractivity contribution in [3.8, 4) is 11.9 Å². The summed E-state index contributed by atoms with van der Waals surface area (Å²) in [7, 11) is 2.37. The van der Waals surface area contributed by atoms with Gasteiger partial charge in [-0.3, -0.25) is 15.0 Å². The molecule has 18 heteroatoms. The van der Waals surface area contributed by atoms with Gasteiger partial charge in [0.2, 0.25) is 5.82 Å². The molecule has 0 saturated carbocycles. The van der Waals surface area contributed by atoms with Crippen LogP contribution in [0.2, 0.25) is 5.02 Å². The molecule has 1 aromatic carbocycles. The summed E-state index contributed by atoms with van der Waals surface area (Å²) in [5.74, 6) is -2.31. The van der Waals surface area contributed by atoms with E-state index in [-0.39, 0.29) is 45.6 Å². The summed E-state index contributed by atoms with van der Waals surface area (Å²) in [4.78, 5) is 43.6. The molecule has 42 heavy (non-hydrogen) atoms. The van der Waals surface area contributed by atoms with Crippen LogP contribution in [0.4, 0.5) is 19.3 Å². The van der Waals surface area contributed by atoms with E-state index < -0.39 is 30.2 Å². The molecule has 216 valence electrons. The van der Waals surface area contributed by atoms with E-state index in [0.29, 0.717) is 5.56 Å². The van der Waals surface area contributed by atoms with Gasteiger partial charge in [0, 0.05) is 13.2 Å². The van der Waals surface area contributed by atoms with Crippen molar-refractivity contribution >= 4 is 35.2 Å². The largest absolute Gasteiger partial charge is 0.452 e. The van der Waals surface area contributed by atoms with Crippen LogP contribution in [0, 0.1) is 18.3 Å². The predicted molar refractivity (Wildman–Crippen MR) is 140 cm³/mol. The molecule has 3 heterocycles. The van der Waals surface area contributed by atoms with Gasteiger partial charge in [0.05, 0.1) is 40.7 Å². The summed E-state index contributed by atoms with van der Waals surface area (Å²) in [6, 6.07) is 9.03. The van der Waals surface area contributed by atoms with Gasteiger partial charge in [-0.1, -0.05) is 11.6 Å². The normalized spacial score (nSPS) is 10.7. The number of carbonyl (C=O) groups excluding carboxylic acids is 3. The average Bonchev–Trinajstić information content (AvgIpc) is 3.61. The Morgan fingerprint density at radius 1 is 1.21 bits per heavy atom. The standard InChI is InChI=1S/C24H20ClF2N11O4/c1-12-7-13(10-28)8-15(22(39)34-36(2)24(41)42-3)18(12)30-23(40)17-9-14(11-37-33-20(19(26)27)31-35-37)32-38(17)21-16(25)5-4-6-29-21/h4-9,19H,11H2,1-3H3,(H,30,40)(H,34,39). The van der Waals surface area contributed by atoms with Gasteiger partial charge in [0.15, 0.2) is 5.82 Å². The Hall–Kier alpha value is -5.50. The zero-order valence-electron chi connectivity index (χ0n) is 22.0. The number of hydrogen-bond donors (Lipinski definition) is 2. The Kier molecular flexibility index (Phi) is 8.67. The first-order valence-electron chi connectivity index (χ1n) is 11.8. The number of tetrazole rings is 1. The molecule has 0 saturated heterocycles. The van der Waals surface area contributed by atoms with Crippen molar-refractivity contribution in [2.75, 3.05) is 19.5 Å². The molecular weight excluding hydrogens is 580 g/mol. The number of alkyl halides is 2. The fraction of sp³-hybridized carbons (Fsp3) is 0.208. The molecule has 0 atom stereocenters. The van der Waals surface area contributed by atoms with Gasteiger partial charge in [-0.2, -0.15) is 15.2 Å². The average molecular weight is 600 g/mol. The van der Waals surface area contributed by atoms with Gasteiger partial charge in [0.25, 0.3) is 11.8 Å². The summed E-state index contributed by atoms with van der Waals surface area (Å²) in [5, 5.41) is 27.8. The van der Waals surface area contributed by atoms with Crippen LogP contribution in [-0.2, 0) is 11.3 Å². The molecule has 3 aromatic heterocycles. The van der Waals surface area contributed by atoms with Gasteiger partial charge >= 0.3 is 12.5 Å². The van der Waals surface area contributed by atoms with Crippen LogP contribution in [0.1, 0.15) is 49.9 Å². The van der Waals surface area contributed by atoms with Crippen LogP contribution in [0.15, 0.2) is 36.5 Å². The highest BCUT2D eigenvalue weighted by atomic mass is 35.5. The number of hydrazine groups is 1. The number of nitrogens with one attached hydrogen (secondary N) is 2. The SMILES string of the molecule is COC(=O)N(C)NC(=O)c1cc(C#N)cc(C)c1NC(=O)c1cc(Cn2nnc(C(F)F)n2)nn1-c1ncccc1Cl. The first-order chi connectivity index (χ1) is 20.0. The Labute approximate surface area is 240 Å². The highest BCUT2D eigenvalue weighted by Gasteiger charge is 2.25. The fourth-order valence-corrected chi connectivity index (χ4v) is 3.89. The molecule has 0 spiro atoms. The van der Waals surface area contributed by atoms with Gasteiger partial charge in [-0.05, 0) is 48.0 Å². The van der Waals surface area contributed by atoms with Crippen LogP contribution in [0.25, 0.3) is 5.82 Å². The number of anilines is 1. The molecule has 0 radical (unpaired) electrons. The predicted octanol–water partition coefficient (Wildman–Crippen LogP) is 2.67. The fourth-order valence-electron chi connectivity index (χ4n) is 3.69. The third-order valence-corrected chi connectivity index (χ3v) is 5.86. The molecule has 0 bridgehead atoms. The number of aromatic nitrogens is 7. The summed E-state index contributed by atoms with van der Waals surface area (Å²) in [5.41, 5.74) is 2.71. The third kappa shape index (κ3) is 6.28. The lowest BCUT2D eigenvalue weighted by Gasteiger charge is -2.19. The number of nitrogens with zero attached hydrogens (tertiary/aromatic N) is 9. The smallest absolute Gasteiger partial charge is 0.428 e. The minimum atomic E-state index is -2.93. The molecule has 0 unspecified atom stereocenters. The van der Waals surface area contributed by atoms with Gasteiger partial charge in [-0.25, -0.2) is 28.3 Å². The maximum Gasteiger partial charge on any atom is 0.428 e. The second-order valence-corrected chi connectivity index (χ2v) is 8.88. The van der Waals surface area contributed by atoms with E-state index in [0.717, 1.165) is 21.6 Å². The molecule has 15 nitrogen and oxygen atoms in total. The number of rotatable bonds is 7. The van der Waals surface area contributed by atoms with E-state index in [1.807, 2.05) is 6.07 Å². The monoisotopic (exact) mass is 599 g/mol. The zero-order valence-corrected chi connectivity index (χ0v) is 22.8. The van der Waals surface area contributed by atoms with Crippen molar-refractivity contribution in [1.29, 1.82) is 5.26 Å². The van der Waals surface area contributed by atoms with Crippen molar-refractivity contribution in [3.63, 3.8) is 0 Å². The topological polar surface area (TPSA) is 186 Å². The van der Waals surface area contributed by atoms with E-state index in [1.54, 1.807) is 13.0 Å². The van der Waals surface area contributed by atoms with Crippen LogP contribution in [0.5, 0.6) is 0 Å². The number of nitriles is 1. The lowest BCUT2D eigenvalue weighted by atomic mass is 10.0. The molecule has 0 aliphatic rings. The lowest BCUT2D eigenvalue weighted by Crippen LogP contribution is -2.43. The maximum absolute atomic E-state index is 13.7. The Balaban J connectivity index is 1.74. The molecule has 3 amide bonds. The maximum atomic E-state index is 13.7. The molecule has 0 aliphatic carbocycles. The Morgan fingerprint density at radius 2 is 1.98 bits per heavy atom. The summed E-state index contributed by atoms with van der Waals surface area (Å²) >= 11 is 6.31. The number of ether oxygens (including phenoxy) is 1. The highest BCUT2D eigenvalue weighted by molar-refractivity contribution is 6.32. The number of halogens is 3. The second kappa shape index (κ2) is 12.3. The third-order valence-electron chi connectivity index (χ3n) is 5.56. The van der Waals surface area contributed by atoms with Gasteiger partial charge in [0.1, 0.15) is 12.2 Å². The number of pyridine rings is 1. The molecule has 0 aliphatic heterocycles. The minimum Gasteiger partial charge on any atom is -0.452 e. The first-order valence-corrected chi connectivity index (χ1v) is 12.1. The number of methoxy groups -OCH3 is 1. The molecular formula is C24H20ClF2N11O4. The van der Waals surface area contributed by atoms with Gasteiger partial charge in [-0.15, -0.1) is 10.2 Å². The first kappa shape index (κ1) is 29.5. The number of benzene rings is 1. The quantitative estimate of drug-likeness (QED) is 0.299. The van der Waals surface area contributed by atoms with E-state index in [2.05, 4.69) is 41.0 Å². The van der Waals surface area contributed by atoms with E-state index >= 15 is 0 Å². The van der Waals surface area contributed by atoms with Crippen molar-refractivity contribution in [3.05, 3.63) is 75.5 Å². The van der Waals surface area contributed by atoms with E-state index in [1.165, 1.54) is 37.5 Å². The summed E-state index contributed by atoms with van der Waals surface area (Å²) in [6.45, 7) is 1.33. The van der Waals surface area contributed by atoms with Crippen molar-refractivity contribution in [1.82, 2.24) is 45.4 Å². The van der Waals surface area contributed by atoms with Crippen molar-refractivity contribution in [2.45, 2.75) is 19.9 Å². The number of amides is 3. The molecule has 4 aromatic rings. The Bertz CT molecular complexity index is 1720. The number of carbonyl (C=O) groups is 3. The number of hydrogen-bond acceptors (Lipinski definition) is 10. The Morgan fingerprint density at radius 3 is 2.62 bits per heavy atom. The highest BCUT2D eigenvalue weighted by Crippen LogP contribution is 2.26.